The highest BCUT2D eigenvalue weighted by molar-refractivity contribution is 7.89. The number of hydrogen-bond donors (Lipinski definition) is 2. The summed E-state index contributed by atoms with van der Waals surface area (Å²) in [6, 6.07) is 21.1. The van der Waals surface area contributed by atoms with E-state index < -0.39 is 10.0 Å². The number of carbonyl (C=O) groups excluding carboxylic acids is 1. The second-order valence-corrected chi connectivity index (χ2v) is 7.81. The van der Waals surface area contributed by atoms with Gasteiger partial charge in [-0.3, -0.25) is 4.79 Å². The van der Waals surface area contributed by atoms with Crippen molar-refractivity contribution in [3.8, 4) is 5.75 Å². The average Bonchev–Trinajstić information content (AvgIpc) is 2.73. The van der Waals surface area contributed by atoms with Gasteiger partial charge in [-0.25, -0.2) is 13.6 Å². The Hall–Kier alpha value is -3.36. The van der Waals surface area contributed by atoms with E-state index in [-0.39, 0.29) is 22.2 Å². The largest absolute Gasteiger partial charge is 0.495 e. The van der Waals surface area contributed by atoms with E-state index in [4.69, 9.17) is 9.88 Å². The summed E-state index contributed by atoms with van der Waals surface area (Å²) < 4.78 is 28.6. The van der Waals surface area contributed by atoms with Crippen LogP contribution in [-0.2, 0) is 10.0 Å². The fourth-order valence-electron chi connectivity index (χ4n) is 2.92. The van der Waals surface area contributed by atoms with Gasteiger partial charge in [0.05, 0.1) is 18.4 Å². The Morgan fingerprint density at radius 2 is 1.66 bits per heavy atom. The van der Waals surface area contributed by atoms with Gasteiger partial charge in [0.1, 0.15) is 10.6 Å². The fourth-order valence-corrected chi connectivity index (χ4v) is 3.65. The summed E-state index contributed by atoms with van der Waals surface area (Å²) in [5.41, 5.74) is 2.36. The van der Waals surface area contributed by atoms with Crippen molar-refractivity contribution in [2.45, 2.75) is 4.90 Å². The van der Waals surface area contributed by atoms with E-state index in [2.05, 4.69) is 5.32 Å². The normalized spacial score (nSPS) is 11.0. The lowest BCUT2D eigenvalue weighted by Crippen LogP contribution is -2.19. The van der Waals surface area contributed by atoms with Gasteiger partial charge >= 0.3 is 0 Å². The molecule has 3 aromatic rings. The fraction of sp³-hybridized carbons (Fsp3) is 0.0952. The second-order valence-electron chi connectivity index (χ2n) is 6.28. The first-order valence-corrected chi connectivity index (χ1v) is 10.3. The molecule has 0 atom stereocenters. The first kappa shape index (κ1) is 20.4. The predicted octanol–water partition coefficient (Wildman–Crippen LogP) is 3.36. The molecule has 0 radical (unpaired) electrons. The molecule has 29 heavy (non-hydrogen) atoms. The van der Waals surface area contributed by atoms with Gasteiger partial charge in [0, 0.05) is 18.4 Å². The van der Waals surface area contributed by atoms with Crippen molar-refractivity contribution in [3.63, 3.8) is 0 Å². The Kier molecular flexibility index (Phi) is 5.86. The Balaban J connectivity index is 1.93. The lowest BCUT2D eigenvalue weighted by molar-refractivity contribution is 0.102. The number of amides is 1. The highest BCUT2D eigenvalue weighted by atomic mass is 32.2. The number of primary sulfonamides is 1. The first-order valence-electron chi connectivity index (χ1n) is 8.71. The first-order chi connectivity index (χ1) is 13.8. The number of ether oxygens (including phenoxy) is 1. The zero-order valence-corrected chi connectivity index (χ0v) is 16.8. The van der Waals surface area contributed by atoms with E-state index in [0.29, 0.717) is 11.3 Å². The predicted molar refractivity (Wildman–Crippen MR) is 113 cm³/mol. The van der Waals surface area contributed by atoms with Crippen LogP contribution in [0, 0.1) is 0 Å². The number of methoxy groups -OCH3 is 1. The Morgan fingerprint density at radius 3 is 2.31 bits per heavy atom. The molecule has 0 aliphatic carbocycles. The van der Waals surface area contributed by atoms with Crippen LogP contribution < -0.4 is 20.1 Å². The Bertz CT molecular complexity index is 1130. The number of carbonyl (C=O) groups is 1. The van der Waals surface area contributed by atoms with Gasteiger partial charge in [0.25, 0.3) is 5.91 Å². The molecule has 0 aliphatic rings. The molecule has 0 saturated carbocycles. The lowest BCUT2D eigenvalue weighted by atomic mass is 10.1. The molecule has 0 aromatic heterocycles. The smallest absolute Gasteiger partial charge is 0.257 e. The molecule has 0 spiro atoms. The SMILES string of the molecule is COc1ccc(NC(=O)c2ccccc2N(C)c2ccccc2)cc1S(N)(=O)=O. The average molecular weight is 411 g/mol. The Morgan fingerprint density at radius 1 is 1.00 bits per heavy atom. The van der Waals surface area contributed by atoms with Crippen molar-refractivity contribution in [2.24, 2.45) is 5.14 Å². The number of nitrogens with two attached hydrogens (primary N) is 1. The van der Waals surface area contributed by atoms with Crippen LogP contribution in [0.4, 0.5) is 17.1 Å². The topological polar surface area (TPSA) is 102 Å². The zero-order chi connectivity index (χ0) is 21.0. The number of rotatable bonds is 6. The quantitative estimate of drug-likeness (QED) is 0.648. The second kappa shape index (κ2) is 8.34. The van der Waals surface area contributed by atoms with Crippen molar-refractivity contribution >= 4 is 33.0 Å². The zero-order valence-electron chi connectivity index (χ0n) is 16.0. The van der Waals surface area contributed by atoms with Gasteiger partial charge in [-0.1, -0.05) is 30.3 Å². The van der Waals surface area contributed by atoms with Gasteiger partial charge in [-0.05, 0) is 42.5 Å². The number of anilines is 3. The van der Waals surface area contributed by atoms with E-state index in [9.17, 15) is 13.2 Å². The monoisotopic (exact) mass is 411 g/mol. The van der Waals surface area contributed by atoms with Crippen LogP contribution in [0.1, 0.15) is 10.4 Å². The van der Waals surface area contributed by atoms with Crippen LogP contribution in [0.3, 0.4) is 0 Å². The standard InChI is InChI=1S/C21H21N3O4S/c1-24(16-8-4-3-5-9-16)18-11-7-6-10-17(18)21(25)23-15-12-13-19(28-2)20(14-15)29(22,26)27/h3-14H,1-2H3,(H,23,25)(H2,22,26,27). The van der Waals surface area contributed by atoms with Crippen LogP contribution in [0.2, 0.25) is 0 Å². The highest BCUT2D eigenvalue weighted by Gasteiger charge is 2.19. The van der Waals surface area contributed by atoms with Gasteiger partial charge in [-0.15, -0.1) is 0 Å². The maximum atomic E-state index is 12.9. The van der Waals surface area contributed by atoms with Crippen molar-refractivity contribution in [1.82, 2.24) is 0 Å². The molecule has 1 amide bonds. The number of hydrogen-bond acceptors (Lipinski definition) is 5. The van der Waals surface area contributed by atoms with E-state index in [0.717, 1.165) is 5.69 Å². The van der Waals surface area contributed by atoms with Crippen molar-refractivity contribution in [3.05, 3.63) is 78.4 Å². The summed E-state index contributed by atoms with van der Waals surface area (Å²) in [6.45, 7) is 0. The molecule has 0 unspecified atom stereocenters. The van der Waals surface area contributed by atoms with Gasteiger partial charge in [0.15, 0.2) is 0 Å². The molecule has 3 aromatic carbocycles. The molecule has 7 nitrogen and oxygen atoms in total. The molecule has 0 bridgehead atoms. The van der Waals surface area contributed by atoms with Crippen LogP contribution in [0.15, 0.2) is 77.7 Å². The van der Waals surface area contributed by atoms with Gasteiger partial charge in [0.2, 0.25) is 10.0 Å². The molecule has 0 aliphatic heterocycles. The molecule has 0 fully saturated rings. The molecule has 8 heteroatoms. The van der Waals surface area contributed by atoms with Crippen molar-refractivity contribution < 1.29 is 17.9 Å². The molecule has 150 valence electrons. The minimum absolute atomic E-state index is 0.106. The molecular weight excluding hydrogens is 390 g/mol. The van der Waals surface area contributed by atoms with Crippen LogP contribution in [0.5, 0.6) is 5.75 Å². The summed E-state index contributed by atoms with van der Waals surface area (Å²) in [5.74, 6) is -0.274. The van der Waals surface area contributed by atoms with E-state index in [1.807, 2.05) is 54.4 Å². The molecule has 3 N–H and O–H groups in total. The van der Waals surface area contributed by atoms with Crippen molar-refractivity contribution in [2.75, 3.05) is 24.4 Å². The number of benzene rings is 3. The van der Waals surface area contributed by atoms with Gasteiger partial charge < -0.3 is 15.0 Å². The van der Waals surface area contributed by atoms with Crippen LogP contribution in [0.25, 0.3) is 0 Å². The summed E-state index contributed by atoms with van der Waals surface area (Å²) in [6.07, 6.45) is 0. The van der Waals surface area contributed by atoms with Crippen molar-refractivity contribution in [1.29, 1.82) is 0 Å². The minimum Gasteiger partial charge on any atom is -0.495 e. The summed E-state index contributed by atoms with van der Waals surface area (Å²) in [5, 5.41) is 7.97. The van der Waals surface area contributed by atoms with E-state index >= 15 is 0 Å². The van der Waals surface area contributed by atoms with E-state index in [1.54, 1.807) is 18.2 Å². The number of para-hydroxylation sites is 2. The molecule has 0 saturated heterocycles. The van der Waals surface area contributed by atoms with E-state index in [1.165, 1.54) is 19.2 Å². The number of sulfonamides is 1. The summed E-state index contributed by atoms with van der Waals surface area (Å²) >= 11 is 0. The maximum absolute atomic E-state index is 12.9. The summed E-state index contributed by atoms with van der Waals surface area (Å²) in [4.78, 5) is 14.6. The third-order valence-corrected chi connectivity index (χ3v) is 5.31. The third-order valence-electron chi connectivity index (χ3n) is 4.38. The molecule has 3 rings (SSSR count). The summed E-state index contributed by atoms with van der Waals surface area (Å²) in [7, 11) is -0.797. The number of nitrogens with one attached hydrogen (secondary N) is 1. The van der Waals surface area contributed by atoms with Gasteiger partial charge in [-0.2, -0.15) is 0 Å². The highest BCUT2D eigenvalue weighted by Crippen LogP contribution is 2.29. The lowest BCUT2D eigenvalue weighted by Gasteiger charge is -2.22. The molecular formula is C21H21N3O4S. The third kappa shape index (κ3) is 4.56. The molecule has 0 heterocycles. The van der Waals surface area contributed by atoms with Crippen LogP contribution >= 0.6 is 0 Å². The van der Waals surface area contributed by atoms with Crippen LogP contribution in [-0.4, -0.2) is 28.5 Å². The number of nitrogens with zero attached hydrogens (tertiary/aromatic N) is 1. The Labute approximate surface area is 169 Å². The maximum Gasteiger partial charge on any atom is 0.257 e. The minimum atomic E-state index is -4.01.